The molecule has 0 spiro atoms. The van der Waals surface area contributed by atoms with Gasteiger partial charge in [0.05, 0.1) is 25.4 Å². The number of amides is 1. The largest absolute Gasteiger partial charge is 0.394 e. The zero-order chi connectivity index (χ0) is 43.9. The fourth-order valence-corrected chi connectivity index (χ4v) is 7.98. The second-order valence-electron chi connectivity index (χ2n) is 17.8. The summed E-state index contributed by atoms with van der Waals surface area (Å²) in [4.78, 5) is 13.1. The summed E-state index contributed by atoms with van der Waals surface area (Å²) < 4.78 is 11.2. The molecule has 1 amide bonds. The van der Waals surface area contributed by atoms with E-state index in [2.05, 4.69) is 31.3 Å². The van der Waals surface area contributed by atoms with Crippen molar-refractivity contribution < 1.29 is 44.9 Å². The third kappa shape index (κ3) is 29.8. The third-order valence-corrected chi connectivity index (χ3v) is 12.1. The number of hydrogen-bond acceptors (Lipinski definition) is 9. The van der Waals surface area contributed by atoms with E-state index in [0.717, 1.165) is 44.9 Å². The molecule has 1 heterocycles. The second kappa shape index (κ2) is 40.4. The van der Waals surface area contributed by atoms with Crippen LogP contribution in [-0.2, 0) is 14.3 Å². The van der Waals surface area contributed by atoms with E-state index in [1.54, 1.807) is 6.08 Å². The lowest BCUT2D eigenvalue weighted by atomic mass is 9.99. The Labute approximate surface area is 367 Å². The number of carbonyl (C=O) groups excluding carboxylic acids is 1. The SMILES string of the molecule is CCCCCCCCCCCC/C=C\CCCCCCCCC(O)C(=O)NC(COC1OC(CO)C(O)C(O)C1O)C(O)/C=C/CCCCCCCCCCCCCCC. The van der Waals surface area contributed by atoms with Gasteiger partial charge in [0.15, 0.2) is 6.29 Å². The number of unbranched alkanes of at least 4 members (excludes halogenated alkanes) is 29. The zero-order valence-corrected chi connectivity index (χ0v) is 38.6. The Morgan fingerprint density at radius 1 is 0.567 bits per heavy atom. The van der Waals surface area contributed by atoms with Crippen LogP contribution >= 0.6 is 0 Å². The molecule has 1 saturated heterocycles. The monoisotopic (exact) mass is 854 g/mol. The van der Waals surface area contributed by atoms with E-state index >= 15 is 0 Å². The highest BCUT2D eigenvalue weighted by atomic mass is 16.7. The lowest BCUT2D eigenvalue weighted by Gasteiger charge is -2.40. The maximum absolute atomic E-state index is 13.1. The normalized spacial score (nSPS) is 21.2. The third-order valence-electron chi connectivity index (χ3n) is 12.1. The van der Waals surface area contributed by atoms with Crippen LogP contribution in [0.3, 0.4) is 0 Å². The van der Waals surface area contributed by atoms with Crippen LogP contribution in [-0.4, -0.2) is 98.7 Å². The number of nitrogens with one attached hydrogen (secondary N) is 1. The summed E-state index contributed by atoms with van der Waals surface area (Å²) in [5, 5.41) is 64.8. The number of aliphatic hydroxyl groups excluding tert-OH is 6. The van der Waals surface area contributed by atoms with E-state index in [9.17, 15) is 35.4 Å². The summed E-state index contributed by atoms with van der Waals surface area (Å²) in [6.07, 6.45) is 38.3. The maximum atomic E-state index is 13.1. The van der Waals surface area contributed by atoms with E-state index < -0.39 is 61.5 Å². The minimum atomic E-state index is -1.61. The van der Waals surface area contributed by atoms with Crippen LogP contribution in [0.5, 0.6) is 0 Å². The van der Waals surface area contributed by atoms with Crippen molar-refractivity contribution in [3.8, 4) is 0 Å². The maximum Gasteiger partial charge on any atom is 0.249 e. The number of allylic oxidation sites excluding steroid dienone is 3. The summed E-state index contributed by atoms with van der Waals surface area (Å²) in [5.41, 5.74) is 0. The van der Waals surface area contributed by atoms with Crippen molar-refractivity contribution in [1.82, 2.24) is 5.32 Å². The van der Waals surface area contributed by atoms with Crippen molar-refractivity contribution in [3.63, 3.8) is 0 Å². The Bertz CT molecular complexity index is 1010. The molecule has 60 heavy (non-hydrogen) atoms. The highest BCUT2D eigenvalue weighted by Gasteiger charge is 2.44. The summed E-state index contributed by atoms with van der Waals surface area (Å²) >= 11 is 0. The molecule has 10 nitrogen and oxygen atoms in total. The molecule has 0 radical (unpaired) electrons. The molecule has 1 aliphatic rings. The molecule has 0 aromatic carbocycles. The molecule has 0 bridgehead atoms. The molecule has 0 aliphatic carbocycles. The number of hydrogen-bond donors (Lipinski definition) is 7. The van der Waals surface area contributed by atoms with Gasteiger partial charge in [-0.15, -0.1) is 0 Å². The fraction of sp³-hybridized carbons (Fsp3) is 0.900. The van der Waals surface area contributed by atoms with E-state index in [1.165, 1.54) is 154 Å². The molecule has 8 unspecified atom stereocenters. The average molecular weight is 854 g/mol. The first-order chi connectivity index (χ1) is 29.3. The van der Waals surface area contributed by atoms with Crippen molar-refractivity contribution in [2.24, 2.45) is 0 Å². The minimum absolute atomic E-state index is 0.304. The summed E-state index contributed by atoms with van der Waals surface area (Å²) in [6.45, 7) is 3.62. The molecule has 0 aromatic heterocycles. The predicted molar refractivity (Wildman–Crippen MR) is 246 cm³/mol. The molecular weight excluding hydrogens is 759 g/mol. The molecule has 1 rings (SSSR count). The Morgan fingerprint density at radius 3 is 1.40 bits per heavy atom. The number of ether oxygens (including phenoxy) is 2. The number of aliphatic hydroxyl groups is 6. The van der Waals surface area contributed by atoms with E-state index in [0.29, 0.717) is 12.8 Å². The van der Waals surface area contributed by atoms with Crippen LogP contribution in [0.1, 0.15) is 226 Å². The van der Waals surface area contributed by atoms with Gasteiger partial charge < -0.3 is 45.4 Å². The topological polar surface area (TPSA) is 169 Å². The summed E-state index contributed by atoms with van der Waals surface area (Å²) in [5.74, 6) is -0.620. The standard InChI is InChI=1S/C50H95NO9/c1-3-5-7-9-11-13-15-17-19-20-21-22-23-25-27-29-31-33-35-37-39-44(54)49(58)51-42(41-59-50-48(57)47(56)46(55)45(40-52)60-50)43(53)38-36-34-32-30-28-26-24-18-16-14-12-10-8-6-4-2/h22-23,36,38,42-48,50,52-57H,3-21,24-35,37,39-41H2,1-2H3,(H,51,58)/b23-22-,38-36+. The molecule has 0 aromatic rings. The minimum Gasteiger partial charge on any atom is -0.394 e. The van der Waals surface area contributed by atoms with Gasteiger partial charge >= 0.3 is 0 Å². The van der Waals surface area contributed by atoms with Gasteiger partial charge in [-0.05, 0) is 44.9 Å². The molecule has 0 saturated carbocycles. The molecule has 354 valence electrons. The van der Waals surface area contributed by atoms with Gasteiger partial charge in [0, 0.05) is 0 Å². The van der Waals surface area contributed by atoms with Gasteiger partial charge in [-0.1, -0.05) is 205 Å². The average Bonchev–Trinajstić information content (AvgIpc) is 3.25. The van der Waals surface area contributed by atoms with Crippen LogP contribution in [0.15, 0.2) is 24.3 Å². The summed E-state index contributed by atoms with van der Waals surface area (Å²) in [7, 11) is 0. The van der Waals surface area contributed by atoms with Crippen molar-refractivity contribution in [1.29, 1.82) is 0 Å². The van der Waals surface area contributed by atoms with E-state index in [4.69, 9.17) is 9.47 Å². The van der Waals surface area contributed by atoms with Crippen LogP contribution in [0.25, 0.3) is 0 Å². The Morgan fingerprint density at radius 2 is 0.967 bits per heavy atom. The fourth-order valence-electron chi connectivity index (χ4n) is 7.98. The molecule has 7 N–H and O–H groups in total. The smallest absolute Gasteiger partial charge is 0.249 e. The number of rotatable bonds is 42. The first kappa shape index (κ1) is 56.6. The Balaban J connectivity index is 2.36. The highest BCUT2D eigenvalue weighted by Crippen LogP contribution is 2.23. The predicted octanol–water partition coefficient (Wildman–Crippen LogP) is 10.0. The Hall–Kier alpha value is -1.37. The lowest BCUT2D eigenvalue weighted by Crippen LogP contribution is -2.60. The molecular formula is C50H95NO9. The van der Waals surface area contributed by atoms with Crippen molar-refractivity contribution in [3.05, 3.63) is 24.3 Å². The lowest BCUT2D eigenvalue weighted by molar-refractivity contribution is -0.302. The van der Waals surface area contributed by atoms with Crippen molar-refractivity contribution in [2.75, 3.05) is 13.2 Å². The van der Waals surface area contributed by atoms with E-state index in [1.807, 2.05) is 6.08 Å². The first-order valence-electron chi connectivity index (χ1n) is 25.2. The highest BCUT2D eigenvalue weighted by molar-refractivity contribution is 5.80. The van der Waals surface area contributed by atoms with Crippen LogP contribution in [0.4, 0.5) is 0 Å². The van der Waals surface area contributed by atoms with Crippen molar-refractivity contribution >= 4 is 5.91 Å². The Kier molecular flexibility index (Phi) is 38.1. The van der Waals surface area contributed by atoms with Gasteiger partial charge in [-0.25, -0.2) is 0 Å². The molecule has 8 atom stereocenters. The first-order valence-corrected chi connectivity index (χ1v) is 25.2. The van der Waals surface area contributed by atoms with Crippen LogP contribution in [0, 0.1) is 0 Å². The van der Waals surface area contributed by atoms with E-state index in [-0.39, 0.29) is 6.61 Å². The van der Waals surface area contributed by atoms with Gasteiger partial charge in [0.2, 0.25) is 5.91 Å². The zero-order valence-electron chi connectivity index (χ0n) is 38.6. The van der Waals surface area contributed by atoms with Gasteiger partial charge in [-0.2, -0.15) is 0 Å². The summed E-state index contributed by atoms with van der Waals surface area (Å²) in [6, 6.07) is -0.980. The second-order valence-corrected chi connectivity index (χ2v) is 17.8. The quantitative estimate of drug-likeness (QED) is 0.0233. The van der Waals surface area contributed by atoms with Crippen molar-refractivity contribution in [2.45, 2.75) is 275 Å². The molecule has 1 aliphatic heterocycles. The van der Waals surface area contributed by atoms with Crippen LogP contribution < -0.4 is 5.32 Å². The van der Waals surface area contributed by atoms with Crippen LogP contribution in [0.2, 0.25) is 0 Å². The molecule has 10 heteroatoms. The van der Waals surface area contributed by atoms with Gasteiger partial charge in [-0.3, -0.25) is 4.79 Å². The number of carbonyl (C=O) groups is 1. The molecule has 1 fully saturated rings. The van der Waals surface area contributed by atoms with Gasteiger partial charge in [0.1, 0.15) is 30.5 Å². The van der Waals surface area contributed by atoms with Gasteiger partial charge in [0.25, 0.3) is 0 Å².